The van der Waals surface area contributed by atoms with Crippen molar-refractivity contribution in [3.05, 3.63) is 0 Å². The monoisotopic (exact) mass is 226 g/mol. The van der Waals surface area contributed by atoms with E-state index < -0.39 is 30.3 Å². The Labute approximate surface area is 85.6 Å². The largest absolute Gasteiger partial charge is 0.469 e. The molecule has 0 amide bonds. The van der Waals surface area contributed by atoms with Crippen molar-refractivity contribution < 1.29 is 27.5 Å². The van der Waals surface area contributed by atoms with Gasteiger partial charge < -0.3 is 4.74 Å². The van der Waals surface area contributed by atoms with Gasteiger partial charge in [0, 0.05) is 12.3 Å². The second-order valence-corrected chi connectivity index (χ2v) is 3.24. The number of hydrogen-bond donors (Lipinski definition) is 0. The van der Waals surface area contributed by atoms with E-state index in [1.54, 1.807) is 0 Å². The van der Waals surface area contributed by atoms with Crippen molar-refractivity contribution in [1.29, 1.82) is 0 Å². The molecule has 0 spiro atoms. The first-order chi connectivity index (χ1) is 6.76. The fourth-order valence-electron chi connectivity index (χ4n) is 1.07. The first-order valence-electron chi connectivity index (χ1n) is 4.40. The lowest BCUT2D eigenvalue weighted by molar-refractivity contribution is -0.148. The van der Waals surface area contributed by atoms with E-state index in [0.29, 0.717) is 0 Å². The van der Waals surface area contributed by atoms with Gasteiger partial charge in [-0.05, 0) is 13.3 Å². The van der Waals surface area contributed by atoms with Crippen molar-refractivity contribution in [1.82, 2.24) is 0 Å². The third-order valence-electron chi connectivity index (χ3n) is 1.99. The number of halogens is 3. The van der Waals surface area contributed by atoms with Crippen LogP contribution in [-0.2, 0) is 14.3 Å². The van der Waals surface area contributed by atoms with Gasteiger partial charge in [-0.3, -0.25) is 9.59 Å². The topological polar surface area (TPSA) is 43.4 Å². The standard InChI is InChI=1S/C9H13F3O3/c1-6(13)7(5-8(14)15-2)3-4-9(10,11)12/h7H,3-5H2,1-2H3/t7-/m1/s1. The number of Topliss-reactive ketones (excluding diaryl/α,β-unsaturated/α-hetero) is 1. The second-order valence-electron chi connectivity index (χ2n) is 3.24. The number of alkyl halides is 3. The minimum Gasteiger partial charge on any atom is -0.469 e. The lowest BCUT2D eigenvalue weighted by Gasteiger charge is -2.13. The third kappa shape index (κ3) is 6.93. The molecule has 3 nitrogen and oxygen atoms in total. The Morgan fingerprint density at radius 3 is 2.20 bits per heavy atom. The molecule has 6 heteroatoms. The summed E-state index contributed by atoms with van der Waals surface area (Å²) in [5.74, 6) is -2.00. The molecule has 15 heavy (non-hydrogen) atoms. The fraction of sp³-hybridized carbons (Fsp3) is 0.778. The Kier molecular flexibility index (Phi) is 5.32. The summed E-state index contributed by atoms with van der Waals surface area (Å²) in [6.07, 6.45) is -6.02. The van der Waals surface area contributed by atoms with Crippen LogP contribution in [0, 0.1) is 5.92 Å². The van der Waals surface area contributed by atoms with Crippen LogP contribution in [-0.4, -0.2) is 25.0 Å². The van der Waals surface area contributed by atoms with Crippen molar-refractivity contribution in [3.63, 3.8) is 0 Å². The highest BCUT2D eigenvalue weighted by Crippen LogP contribution is 2.25. The zero-order valence-corrected chi connectivity index (χ0v) is 8.56. The van der Waals surface area contributed by atoms with Crippen LogP contribution in [0.3, 0.4) is 0 Å². The second kappa shape index (κ2) is 5.72. The summed E-state index contributed by atoms with van der Waals surface area (Å²) in [6, 6.07) is 0. The predicted molar refractivity (Wildman–Crippen MR) is 46.1 cm³/mol. The highest BCUT2D eigenvalue weighted by molar-refractivity contribution is 5.83. The Bertz CT molecular complexity index is 235. The lowest BCUT2D eigenvalue weighted by atomic mass is 9.95. The van der Waals surface area contributed by atoms with Crippen molar-refractivity contribution in [2.45, 2.75) is 32.4 Å². The van der Waals surface area contributed by atoms with Gasteiger partial charge in [0.05, 0.1) is 13.5 Å². The van der Waals surface area contributed by atoms with Gasteiger partial charge in [-0.1, -0.05) is 0 Å². The maximum Gasteiger partial charge on any atom is 0.389 e. The molecule has 1 atom stereocenters. The summed E-state index contributed by atoms with van der Waals surface area (Å²) in [4.78, 5) is 21.7. The third-order valence-corrected chi connectivity index (χ3v) is 1.99. The molecule has 0 aromatic heterocycles. The molecule has 0 unspecified atom stereocenters. The molecule has 0 heterocycles. The molecule has 88 valence electrons. The van der Waals surface area contributed by atoms with E-state index in [-0.39, 0.29) is 12.8 Å². The van der Waals surface area contributed by atoms with Gasteiger partial charge in [0.25, 0.3) is 0 Å². The van der Waals surface area contributed by atoms with Crippen LogP contribution >= 0.6 is 0 Å². The Balaban J connectivity index is 4.18. The van der Waals surface area contributed by atoms with Crippen LogP contribution in [0.4, 0.5) is 13.2 Å². The number of methoxy groups -OCH3 is 1. The summed E-state index contributed by atoms with van der Waals surface area (Å²) < 4.78 is 39.9. The van der Waals surface area contributed by atoms with Crippen LogP contribution in [0.15, 0.2) is 0 Å². The minimum absolute atomic E-state index is 0.290. The average Bonchev–Trinajstić information content (AvgIpc) is 2.09. The number of carbonyl (C=O) groups is 2. The van der Waals surface area contributed by atoms with Crippen molar-refractivity contribution in [2.24, 2.45) is 5.92 Å². The summed E-state index contributed by atoms with van der Waals surface area (Å²) in [6.45, 7) is 1.17. The maximum absolute atomic E-state index is 11.9. The van der Waals surface area contributed by atoms with E-state index in [4.69, 9.17) is 0 Å². The van der Waals surface area contributed by atoms with Gasteiger partial charge in [0.15, 0.2) is 0 Å². The molecule has 0 saturated carbocycles. The predicted octanol–water partition coefficient (Wildman–Crippen LogP) is 2.10. The van der Waals surface area contributed by atoms with E-state index in [0.717, 1.165) is 7.11 Å². The summed E-state index contributed by atoms with van der Waals surface area (Å²) in [5.41, 5.74) is 0. The normalized spacial score (nSPS) is 13.4. The van der Waals surface area contributed by atoms with Crippen LogP contribution in [0.1, 0.15) is 26.2 Å². The first-order valence-corrected chi connectivity index (χ1v) is 4.40. The van der Waals surface area contributed by atoms with Crippen molar-refractivity contribution >= 4 is 11.8 Å². The van der Waals surface area contributed by atoms with E-state index in [1.807, 2.05) is 0 Å². The molecule has 0 aromatic rings. The fourth-order valence-corrected chi connectivity index (χ4v) is 1.07. The molecule has 0 aliphatic rings. The summed E-state index contributed by atoms with van der Waals surface area (Å²) in [7, 11) is 1.13. The molecule has 0 saturated heterocycles. The molecule has 0 fully saturated rings. The summed E-state index contributed by atoms with van der Waals surface area (Å²) in [5, 5.41) is 0. The number of hydrogen-bond acceptors (Lipinski definition) is 3. The first kappa shape index (κ1) is 13.9. The van der Waals surface area contributed by atoms with Gasteiger partial charge in [0.1, 0.15) is 5.78 Å². The number of rotatable bonds is 5. The SMILES string of the molecule is COC(=O)C[C@@H](CCC(F)(F)F)C(C)=O. The van der Waals surface area contributed by atoms with Crippen molar-refractivity contribution in [2.75, 3.05) is 7.11 Å². The zero-order chi connectivity index (χ0) is 12.1. The molecule has 0 radical (unpaired) electrons. The molecular formula is C9H13F3O3. The Morgan fingerprint density at radius 1 is 1.33 bits per heavy atom. The van der Waals surface area contributed by atoms with E-state index in [1.165, 1.54) is 6.92 Å². The number of ether oxygens (including phenoxy) is 1. The van der Waals surface area contributed by atoms with E-state index in [2.05, 4.69) is 4.74 Å². The van der Waals surface area contributed by atoms with Crippen LogP contribution < -0.4 is 0 Å². The zero-order valence-electron chi connectivity index (χ0n) is 8.56. The van der Waals surface area contributed by atoms with E-state index >= 15 is 0 Å². The molecule has 0 rings (SSSR count). The van der Waals surface area contributed by atoms with Gasteiger partial charge in [-0.15, -0.1) is 0 Å². The molecule has 0 bridgehead atoms. The molecule has 0 aliphatic carbocycles. The highest BCUT2D eigenvalue weighted by atomic mass is 19.4. The number of carbonyl (C=O) groups excluding carboxylic acids is 2. The Morgan fingerprint density at radius 2 is 1.87 bits per heavy atom. The molecule has 0 N–H and O–H groups in total. The molecular weight excluding hydrogens is 213 g/mol. The quantitative estimate of drug-likeness (QED) is 0.674. The van der Waals surface area contributed by atoms with Gasteiger partial charge in [-0.2, -0.15) is 13.2 Å². The summed E-state index contributed by atoms with van der Waals surface area (Å²) >= 11 is 0. The Hall–Kier alpha value is -1.07. The van der Waals surface area contributed by atoms with Crippen LogP contribution in [0.5, 0.6) is 0 Å². The van der Waals surface area contributed by atoms with Crippen molar-refractivity contribution in [3.8, 4) is 0 Å². The van der Waals surface area contributed by atoms with E-state index in [9.17, 15) is 22.8 Å². The minimum atomic E-state index is -4.30. The molecule has 0 aromatic carbocycles. The number of esters is 1. The highest BCUT2D eigenvalue weighted by Gasteiger charge is 2.30. The lowest BCUT2D eigenvalue weighted by Crippen LogP contribution is -2.20. The average molecular weight is 226 g/mol. The van der Waals surface area contributed by atoms with Gasteiger partial charge in [0.2, 0.25) is 0 Å². The van der Waals surface area contributed by atoms with Gasteiger partial charge in [-0.25, -0.2) is 0 Å². The molecule has 0 aliphatic heterocycles. The van der Waals surface area contributed by atoms with Crippen LogP contribution in [0.25, 0.3) is 0 Å². The number of ketones is 1. The van der Waals surface area contributed by atoms with Gasteiger partial charge >= 0.3 is 12.1 Å². The maximum atomic E-state index is 11.9. The van der Waals surface area contributed by atoms with Crippen LogP contribution in [0.2, 0.25) is 0 Å². The smallest absolute Gasteiger partial charge is 0.389 e.